The summed E-state index contributed by atoms with van der Waals surface area (Å²) < 4.78 is 31.9. The Morgan fingerprint density at radius 1 is 0.621 bits per heavy atom. The topological polar surface area (TPSA) is 446 Å². The number of nitrogens with zero attached hydrogens (tertiary/aromatic N) is 7. The average molecular weight is 2290 g/mol. The van der Waals surface area contributed by atoms with E-state index in [2.05, 4.69) is 227 Å². The third-order valence-corrected chi connectivity index (χ3v) is 27.0. The fourth-order valence-electron chi connectivity index (χ4n) is 16.6. The van der Waals surface area contributed by atoms with Gasteiger partial charge >= 0.3 is 91.8 Å². The maximum atomic E-state index is 12.0. The molecule has 2 aromatic heterocycles. The predicted octanol–water partition coefficient (Wildman–Crippen LogP) is 10.9. The van der Waals surface area contributed by atoms with Crippen molar-refractivity contribution in [3.05, 3.63) is 243 Å². The standard InChI is InChI=1S/C17H18N4O.C16H20BrNO3.C13H15BrN2O.C13H14BrNO2.C12H16BrNO.C11H14BrNO.C4H4BN2O2.CBrN.CH3.Ba.BrH.Mg.2H2O/c1-11-17(21-16(18)22-11)6-5-15-12(7-17)3-2-4-14(15)13-8-19-10-20-9-13;1-15(2,3)21-14(20)18-16(10-19)8-7-12-11(9-16)5-4-6-13(12)17;1-8-13(16-12(15)17-8)6-5-10-9(7-13)3-2-4-11(10)14;1-8-13(15-12(16)17-8)6-5-10-9(7-13)3-2-4-11(10)14;1-8(15)12(14)6-5-10-9(7-12)3-2-4-11(10)13;12-10-3-1-2-8-6-11(13,7-14)5-4-9(8)10;8-5-9-4-1-6-3-7-2-4;2-1-3;;;;;;/h2-4,8-11H,5-7H2,1H3,(H2,18,21);4-6,10H,7-9H2,1-3H3,(H,18,20);2-4,8H,5-7H2,1H3,(H2,15,16);2-4,8H,5-7H2,1H3,(H,15,16);2-4,8,15H,5-7,14H2,1H3;1-3,14H,4-7,13H2;1-3,8H;;1H3;;1H;;2*1H2/q;;;;;;;;-1;+2;;+2;;/p-3. The first-order chi connectivity index (χ1) is 56.2. The Balaban J connectivity index is 0.000000303. The summed E-state index contributed by atoms with van der Waals surface area (Å²) in [6.45, 7) is 13.3. The van der Waals surface area contributed by atoms with Crippen LogP contribution in [-0.4, -0.2) is 226 Å². The molecule has 10 atom stereocenters. The van der Waals surface area contributed by atoms with Gasteiger partial charge in [0.15, 0.2) is 0 Å². The molecule has 657 valence electrons. The number of fused-ring (bicyclic) bond motifs is 6. The molecule has 5 heterocycles. The molecule has 15 N–H and O–H groups in total. The third-order valence-electron chi connectivity index (χ3n) is 23.3. The van der Waals surface area contributed by atoms with Crippen molar-refractivity contribution in [2.75, 3.05) is 6.61 Å². The molecule has 1 fully saturated rings. The number of nitriles is 1. The van der Waals surface area contributed by atoms with Crippen LogP contribution in [0.5, 0.6) is 5.75 Å². The van der Waals surface area contributed by atoms with Crippen molar-refractivity contribution in [2.45, 2.75) is 227 Å². The molecule has 124 heavy (non-hydrogen) atoms. The number of aliphatic hydroxyl groups is 2. The van der Waals surface area contributed by atoms with E-state index in [9.17, 15) is 24.6 Å². The van der Waals surface area contributed by atoms with Crippen LogP contribution in [0.25, 0.3) is 11.1 Å². The van der Waals surface area contributed by atoms with Crippen LogP contribution >= 0.6 is 95.6 Å². The smallest absolute Gasteiger partial charge is 1.00 e. The number of halogens is 7. The second-order valence-electron chi connectivity index (χ2n) is 32.2. The quantitative estimate of drug-likeness (QED) is 0.0406. The van der Waals surface area contributed by atoms with E-state index in [1.165, 1.54) is 94.4 Å². The van der Waals surface area contributed by atoms with Gasteiger partial charge in [-0.15, -0.1) is 0 Å². The van der Waals surface area contributed by atoms with Gasteiger partial charge in [0, 0.05) is 86.6 Å². The van der Waals surface area contributed by atoms with E-state index >= 15 is 0 Å². The first-order valence-corrected chi connectivity index (χ1v) is 43.8. The first kappa shape index (κ1) is 111. The van der Waals surface area contributed by atoms with Gasteiger partial charge in [0.25, 0.3) is 12.0 Å². The zero-order chi connectivity index (χ0) is 85.4. The van der Waals surface area contributed by atoms with Crippen LogP contribution < -0.4 is 55.2 Å². The van der Waals surface area contributed by atoms with Crippen LogP contribution in [0.3, 0.4) is 0 Å². The molecule has 2 amide bonds. The molecule has 26 nitrogen and oxygen atoms in total. The van der Waals surface area contributed by atoms with Crippen LogP contribution in [0.4, 0.5) is 9.59 Å². The number of rotatable bonds is 7. The van der Waals surface area contributed by atoms with Crippen molar-refractivity contribution in [3.8, 4) is 21.9 Å². The molecular formula is C88H106BBaBr7MgN13O13. The van der Waals surface area contributed by atoms with Gasteiger partial charge in [-0.3, -0.25) is 0 Å². The Bertz CT molecular complexity index is 4990. The number of alkyl carbamates (subject to hydrolysis) is 2. The summed E-state index contributed by atoms with van der Waals surface area (Å²) in [6.07, 6.45) is 24.6. The number of aldehydes is 1. The van der Waals surface area contributed by atoms with Crippen molar-refractivity contribution in [1.29, 1.82) is 5.26 Å². The van der Waals surface area contributed by atoms with Crippen molar-refractivity contribution < 1.29 is 81.2 Å². The number of amidine groups is 2. The van der Waals surface area contributed by atoms with Gasteiger partial charge in [0.1, 0.15) is 70.2 Å². The summed E-state index contributed by atoms with van der Waals surface area (Å²) in [7, 11) is 0.582. The predicted molar refractivity (Wildman–Crippen MR) is 500 cm³/mol. The zero-order valence-corrected chi connectivity index (χ0v) is 87.7. The number of cyclic esters (lactones) is 1. The van der Waals surface area contributed by atoms with Crippen LogP contribution in [-0.2, 0) is 101 Å². The summed E-state index contributed by atoms with van der Waals surface area (Å²) in [6, 6.07) is 38.0. The molecule has 36 heteroatoms. The van der Waals surface area contributed by atoms with E-state index in [1.54, 1.807) is 39.0 Å². The van der Waals surface area contributed by atoms with Crippen LogP contribution in [0.1, 0.15) is 154 Å². The number of aromatic nitrogens is 4. The Labute approximate surface area is 844 Å². The molecule has 1 radical (unpaired) electrons. The minimum Gasteiger partial charge on any atom is -1.00 e. The summed E-state index contributed by atoms with van der Waals surface area (Å²) in [5.41, 5.74) is 38.8. The van der Waals surface area contributed by atoms with Gasteiger partial charge in [-0.05, 0) is 247 Å². The molecule has 0 saturated carbocycles. The average Bonchev–Trinajstić information content (AvgIpc) is 1.52. The molecule has 6 aromatic carbocycles. The number of aliphatic hydroxyl groups excluding tert-OH is 2. The van der Waals surface area contributed by atoms with Gasteiger partial charge in [0.2, 0.25) is 0 Å². The normalized spacial score (nSPS) is 23.7. The number of hydrogen-bond acceptors (Lipinski definition) is 24. The third kappa shape index (κ3) is 28.5. The number of benzene rings is 6. The Morgan fingerprint density at radius 3 is 1.42 bits per heavy atom. The molecule has 6 aliphatic carbocycles. The molecular weight excluding hydrogens is 2180 g/mol. The number of carbonyl (C=O) groups excluding carboxylic acids is 3. The maximum Gasteiger partial charge on any atom is 2.00 e. The van der Waals surface area contributed by atoms with Crippen LogP contribution in [0, 0.1) is 17.7 Å². The minimum atomic E-state index is -0.879. The monoisotopic (exact) mass is 2280 g/mol. The fourth-order valence-corrected chi connectivity index (χ4v) is 19.6. The van der Waals surface area contributed by atoms with E-state index in [0.29, 0.717) is 38.3 Å². The number of nitrogens with two attached hydrogens (primary N) is 4. The Kier molecular flexibility index (Phi) is 44.8. The number of nitrogens with one attached hydrogen (secondary N) is 2. The van der Waals surface area contributed by atoms with Crippen LogP contribution in [0.2, 0.25) is 0 Å². The first-order valence-electron chi connectivity index (χ1n) is 39.1. The minimum absolute atomic E-state index is 0. The molecule has 9 aliphatic rings. The summed E-state index contributed by atoms with van der Waals surface area (Å²) in [5, 5.41) is 40.0. The van der Waals surface area contributed by atoms with Crippen molar-refractivity contribution in [3.63, 3.8) is 0 Å². The van der Waals surface area contributed by atoms with Crippen molar-refractivity contribution >= 4 is 206 Å². The van der Waals surface area contributed by atoms with Gasteiger partial charge < -0.3 is 113 Å². The van der Waals surface area contributed by atoms with Gasteiger partial charge in [0.05, 0.1) is 30.6 Å². The van der Waals surface area contributed by atoms with Gasteiger partial charge in [-0.1, -0.05) is 159 Å². The second-order valence-corrected chi connectivity index (χ2v) is 36.8. The van der Waals surface area contributed by atoms with E-state index in [4.69, 9.17) is 52.2 Å². The number of hydrogen-bond donors (Lipinski definition) is 9. The van der Waals surface area contributed by atoms with Crippen molar-refractivity contribution in [2.24, 2.45) is 32.9 Å². The second kappa shape index (κ2) is 49.9. The van der Waals surface area contributed by atoms with Crippen LogP contribution in [0.15, 0.2) is 179 Å². The van der Waals surface area contributed by atoms with E-state index in [-0.39, 0.29) is 155 Å². The number of ether oxygens (including phenoxy) is 4. The van der Waals surface area contributed by atoms with Crippen molar-refractivity contribution in [1.82, 2.24) is 30.6 Å². The molecule has 8 aromatic rings. The summed E-state index contributed by atoms with van der Waals surface area (Å²) in [5.74, 6) is 0.417. The number of amides is 2. The molecule has 3 aliphatic heterocycles. The van der Waals surface area contributed by atoms with E-state index in [1.807, 2.05) is 55.7 Å². The number of aliphatic imine (C=N–C) groups is 2. The molecule has 1 saturated heterocycles. The van der Waals surface area contributed by atoms with Gasteiger partial charge in [-0.25, -0.2) is 39.5 Å². The zero-order valence-electron chi connectivity index (χ0n) is 70.8. The molecule has 0 bridgehead atoms. The van der Waals surface area contributed by atoms with Gasteiger partial charge in [-0.2, -0.15) is 5.26 Å². The summed E-state index contributed by atoms with van der Waals surface area (Å²) in [4.78, 5) is 61.2. The largest absolute Gasteiger partial charge is 2.00 e. The fraction of sp³-hybridized carbons (Fsp3) is 0.420. The van der Waals surface area contributed by atoms with E-state index in [0.717, 1.165) is 134 Å². The maximum absolute atomic E-state index is 12.0. The SMILES string of the molecule is CC(C)(C)OC(=O)NC1(C=O)CCc2c(Br)cccc2C1.CC(O)C1(N)CCc2c(Br)cccc2C1.CC1OC(=O)NC12CCc1c(Br)cccc1C2.CC1OC(N)=NC12CCc1c(Br)cccc1C2.CC1OC(N)=NC12CCc1c(cccc1-c1cncnc1)C2.N#CBr.NC1(CO)CCc2c(Br)cccc2C1.O[B]Oc1cncnc1.[Ba+2].[Br-].[CH3-].[Mg+2].[OH-].[OH-]. The Hall–Kier alpha value is -5.00. The molecule has 3 spiro atoms. The molecule has 10 unspecified atom stereocenters. The Morgan fingerprint density at radius 2 is 1.01 bits per heavy atom. The molecule has 17 rings (SSSR count). The van der Waals surface area contributed by atoms with E-state index < -0.39 is 34.4 Å². The summed E-state index contributed by atoms with van der Waals surface area (Å²) >= 11 is 20.3. The number of carbonyl (C=O) groups is 3.